The summed E-state index contributed by atoms with van der Waals surface area (Å²) in [6, 6.07) is 0. The fourth-order valence-corrected chi connectivity index (χ4v) is 2.76. The van der Waals surface area contributed by atoms with E-state index >= 15 is 0 Å². The van der Waals surface area contributed by atoms with Gasteiger partial charge in [0.05, 0.1) is 6.61 Å². The minimum absolute atomic E-state index is 0.115. The Morgan fingerprint density at radius 1 is 0.962 bits per heavy atom. The van der Waals surface area contributed by atoms with Crippen molar-refractivity contribution in [2.24, 2.45) is 0 Å². The van der Waals surface area contributed by atoms with Gasteiger partial charge in [0.2, 0.25) is 0 Å². The van der Waals surface area contributed by atoms with E-state index in [0.29, 0.717) is 0 Å². The molecule has 0 spiro atoms. The number of phosphoric ester groups is 1. The van der Waals surface area contributed by atoms with Crippen molar-refractivity contribution in [3.63, 3.8) is 0 Å². The van der Waals surface area contributed by atoms with Crippen LogP contribution < -0.4 is 0 Å². The molecule has 0 heterocycles. The summed E-state index contributed by atoms with van der Waals surface area (Å²) in [5.74, 6) is -0.430. The molecule has 154 valence electrons. The first-order chi connectivity index (χ1) is 12.4. The molecule has 0 aromatic carbocycles. The third-order valence-electron chi connectivity index (χ3n) is 3.84. The molecule has 1 atom stereocenters. The van der Waals surface area contributed by atoms with E-state index < -0.39 is 26.5 Å². The summed E-state index contributed by atoms with van der Waals surface area (Å²) in [5, 5.41) is 0. The van der Waals surface area contributed by atoms with Crippen LogP contribution in [0.5, 0.6) is 0 Å². The lowest BCUT2D eigenvalue weighted by Crippen LogP contribution is -2.26. The standard InChI is InChI=1S/C17H33O8P/c1-2-3-4-5-6-7-8-9-10-11-12-17(19)23-13-16(24-15-18)14-25-26(20,21)22/h15-16H,2-14H2,1H3,(H2,20,21,22)/t16-/m1/s1. The predicted molar refractivity (Wildman–Crippen MR) is 96.4 cm³/mol. The highest BCUT2D eigenvalue weighted by Gasteiger charge is 2.20. The zero-order valence-corrected chi connectivity index (χ0v) is 16.5. The molecule has 26 heavy (non-hydrogen) atoms. The van der Waals surface area contributed by atoms with E-state index in [1.165, 1.54) is 44.9 Å². The molecule has 9 heteroatoms. The predicted octanol–water partition coefficient (Wildman–Crippen LogP) is 3.49. The number of ether oxygens (including phenoxy) is 2. The first-order valence-electron chi connectivity index (χ1n) is 9.34. The van der Waals surface area contributed by atoms with Gasteiger partial charge < -0.3 is 19.3 Å². The Morgan fingerprint density at radius 2 is 1.50 bits per heavy atom. The van der Waals surface area contributed by atoms with Crippen molar-refractivity contribution in [2.75, 3.05) is 13.2 Å². The van der Waals surface area contributed by atoms with Crippen LogP contribution in [0.25, 0.3) is 0 Å². The van der Waals surface area contributed by atoms with Crippen LogP contribution >= 0.6 is 7.82 Å². The van der Waals surface area contributed by atoms with Gasteiger partial charge in [-0.1, -0.05) is 64.7 Å². The van der Waals surface area contributed by atoms with Crippen molar-refractivity contribution in [3.05, 3.63) is 0 Å². The summed E-state index contributed by atoms with van der Waals surface area (Å²) in [4.78, 5) is 39.2. The molecule has 0 aliphatic rings. The quantitative estimate of drug-likeness (QED) is 0.156. The van der Waals surface area contributed by atoms with Crippen molar-refractivity contribution < 1.29 is 37.9 Å². The Balaban J connectivity index is 3.64. The fourth-order valence-electron chi connectivity index (χ4n) is 2.40. The molecule has 0 aliphatic heterocycles. The molecule has 0 aromatic heterocycles. The molecule has 2 N–H and O–H groups in total. The van der Waals surface area contributed by atoms with E-state index in [2.05, 4.69) is 16.2 Å². The maximum atomic E-state index is 11.6. The number of unbranched alkanes of at least 4 members (excludes halogenated alkanes) is 9. The molecule has 0 bridgehead atoms. The number of carbonyl (C=O) groups is 2. The second-order valence-corrected chi connectivity index (χ2v) is 7.50. The minimum Gasteiger partial charge on any atom is -0.462 e. The van der Waals surface area contributed by atoms with Crippen LogP contribution in [0, 0.1) is 0 Å². The van der Waals surface area contributed by atoms with Gasteiger partial charge >= 0.3 is 13.8 Å². The summed E-state index contributed by atoms with van der Waals surface area (Å²) in [7, 11) is -4.67. The Kier molecular flexibility index (Phi) is 15.6. The maximum absolute atomic E-state index is 11.6. The Hall–Kier alpha value is -0.950. The lowest BCUT2D eigenvalue weighted by molar-refractivity contribution is -0.153. The summed E-state index contributed by atoms with van der Waals surface area (Å²) in [6.45, 7) is 1.48. The number of hydrogen-bond acceptors (Lipinski definition) is 6. The molecule has 0 rings (SSSR count). The van der Waals surface area contributed by atoms with Gasteiger partial charge in [-0.2, -0.15) is 0 Å². The summed E-state index contributed by atoms with van der Waals surface area (Å²) in [5.41, 5.74) is 0. The van der Waals surface area contributed by atoms with Gasteiger partial charge in [0, 0.05) is 6.42 Å². The Labute approximate surface area is 155 Å². The highest BCUT2D eigenvalue weighted by Crippen LogP contribution is 2.35. The number of esters is 1. The van der Waals surface area contributed by atoms with Crippen LogP contribution in [-0.2, 0) is 28.2 Å². The van der Waals surface area contributed by atoms with Crippen molar-refractivity contribution >= 4 is 20.3 Å². The van der Waals surface area contributed by atoms with Crippen molar-refractivity contribution in [2.45, 2.75) is 83.7 Å². The van der Waals surface area contributed by atoms with E-state index in [4.69, 9.17) is 14.5 Å². The van der Waals surface area contributed by atoms with Crippen LogP contribution in [0.2, 0.25) is 0 Å². The van der Waals surface area contributed by atoms with Gasteiger partial charge in [0.25, 0.3) is 6.47 Å². The molecule has 0 aromatic rings. The maximum Gasteiger partial charge on any atom is 0.469 e. The number of phosphoric acid groups is 1. The molecule has 0 fully saturated rings. The Morgan fingerprint density at radius 3 is 2.00 bits per heavy atom. The van der Waals surface area contributed by atoms with E-state index in [1.807, 2.05) is 0 Å². The van der Waals surface area contributed by atoms with Crippen molar-refractivity contribution in [3.8, 4) is 0 Å². The summed E-state index contributed by atoms with van der Waals surface area (Å²) < 4.78 is 24.4. The number of carbonyl (C=O) groups excluding carboxylic acids is 2. The van der Waals surface area contributed by atoms with E-state index in [1.54, 1.807) is 0 Å². The van der Waals surface area contributed by atoms with E-state index in [-0.39, 0.29) is 19.5 Å². The zero-order valence-electron chi connectivity index (χ0n) is 15.6. The molecule has 0 amide bonds. The monoisotopic (exact) mass is 396 g/mol. The van der Waals surface area contributed by atoms with Crippen LogP contribution in [0.15, 0.2) is 0 Å². The molecule has 0 unspecified atom stereocenters. The second kappa shape index (κ2) is 16.2. The SMILES string of the molecule is CCCCCCCCCCCCC(=O)OC[C@H](COP(=O)(O)O)OC=O. The lowest BCUT2D eigenvalue weighted by atomic mass is 10.1. The third-order valence-corrected chi connectivity index (χ3v) is 4.33. The van der Waals surface area contributed by atoms with Crippen LogP contribution in [0.3, 0.4) is 0 Å². The smallest absolute Gasteiger partial charge is 0.462 e. The van der Waals surface area contributed by atoms with E-state index in [0.717, 1.165) is 19.3 Å². The van der Waals surface area contributed by atoms with Crippen molar-refractivity contribution in [1.82, 2.24) is 0 Å². The van der Waals surface area contributed by atoms with Gasteiger partial charge in [0.15, 0.2) is 6.10 Å². The minimum atomic E-state index is -4.67. The molecule has 0 saturated heterocycles. The normalized spacial score (nSPS) is 12.6. The van der Waals surface area contributed by atoms with Crippen LogP contribution in [0.4, 0.5) is 0 Å². The summed E-state index contributed by atoms with van der Waals surface area (Å²) in [6.07, 6.45) is 10.9. The number of hydrogen-bond donors (Lipinski definition) is 2. The fraction of sp³-hybridized carbons (Fsp3) is 0.882. The largest absolute Gasteiger partial charge is 0.469 e. The molecular weight excluding hydrogens is 363 g/mol. The first kappa shape index (κ1) is 25.1. The van der Waals surface area contributed by atoms with Gasteiger partial charge in [0.1, 0.15) is 6.61 Å². The average molecular weight is 396 g/mol. The molecule has 0 saturated carbocycles. The van der Waals surface area contributed by atoms with Gasteiger partial charge in [-0.3, -0.25) is 14.1 Å². The zero-order chi connectivity index (χ0) is 19.7. The van der Waals surface area contributed by atoms with Gasteiger partial charge in [-0.05, 0) is 6.42 Å². The average Bonchev–Trinajstić information content (AvgIpc) is 2.58. The second-order valence-electron chi connectivity index (χ2n) is 6.26. The van der Waals surface area contributed by atoms with Crippen LogP contribution in [-0.4, -0.2) is 41.5 Å². The molecule has 8 nitrogen and oxygen atoms in total. The third kappa shape index (κ3) is 17.9. The van der Waals surface area contributed by atoms with Gasteiger partial charge in [-0.25, -0.2) is 4.57 Å². The van der Waals surface area contributed by atoms with Crippen molar-refractivity contribution in [1.29, 1.82) is 0 Å². The molecule has 0 radical (unpaired) electrons. The highest BCUT2D eigenvalue weighted by molar-refractivity contribution is 7.46. The number of rotatable bonds is 18. The summed E-state index contributed by atoms with van der Waals surface area (Å²) >= 11 is 0. The topological polar surface area (TPSA) is 119 Å². The van der Waals surface area contributed by atoms with Crippen LogP contribution in [0.1, 0.15) is 77.6 Å². The molecule has 0 aliphatic carbocycles. The highest BCUT2D eigenvalue weighted by atomic mass is 31.2. The lowest BCUT2D eigenvalue weighted by Gasteiger charge is -2.15. The van der Waals surface area contributed by atoms with Gasteiger partial charge in [-0.15, -0.1) is 0 Å². The van der Waals surface area contributed by atoms with E-state index in [9.17, 15) is 14.2 Å². The first-order valence-corrected chi connectivity index (χ1v) is 10.9. The Bertz CT molecular complexity index is 410. The molecular formula is C17H33O8P.